The number of aliphatic imine (C=N–C) groups is 1. The summed E-state index contributed by atoms with van der Waals surface area (Å²) >= 11 is 0. The van der Waals surface area contributed by atoms with Crippen LogP contribution in [0.2, 0.25) is 0 Å². The zero-order valence-corrected chi connectivity index (χ0v) is 12.8. The van der Waals surface area contributed by atoms with Gasteiger partial charge in [0.15, 0.2) is 0 Å². The summed E-state index contributed by atoms with van der Waals surface area (Å²) in [5.41, 5.74) is 0.148. The van der Waals surface area contributed by atoms with E-state index >= 15 is 0 Å². The van der Waals surface area contributed by atoms with Crippen molar-refractivity contribution >= 4 is 5.90 Å². The Kier molecular flexibility index (Phi) is 3.66. The zero-order chi connectivity index (χ0) is 16.7. The summed E-state index contributed by atoms with van der Waals surface area (Å²) in [6, 6.07) is 12.4. The molecule has 0 radical (unpaired) electrons. The third kappa shape index (κ3) is 3.09. The van der Waals surface area contributed by atoms with E-state index < -0.39 is 11.7 Å². The Bertz CT molecular complexity index is 763. The average Bonchev–Trinajstić information content (AvgIpc) is 2.86. The number of ether oxygens (including phenoxy) is 1. The second-order valence-corrected chi connectivity index (χ2v) is 6.11. The second-order valence-electron chi connectivity index (χ2n) is 6.11. The molecule has 0 aromatic heterocycles. The number of halogens is 3. The molecule has 5 heteroatoms. The highest BCUT2D eigenvalue weighted by Crippen LogP contribution is 2.38. The third-order valence-electron chi connectivity index (χ3n) is 3.65. The molecule has 0 aliphatic carbocycles. The Morgan fingerprint density at radius 3 is 2.04 bits per heavy atom. The van der Waals surface area contributed by atoms with Crippen molar-refractivity contribution in [1.82, 2.24) is 0 Å². The topological polar surface area (TPSA) is 21.6 Å². The van der Waals surface area contributed by atoms with Crippen LogP contribution in [0, 0.1) is 0 Å². The molecule has 0 spiro atoms. The maximum atomic E-state index is 13.3. The minimum Gasteiger partial charge on any atom is -0.475 e. The summed E-state index contributed by atoms with van der Waals surface area (Å²) in [6.45, 7) is 4.26. The molecule has 0 saturated heterocycles. The predicted molar refractivity (Wildman–Crippen MR) is 83.4 cm³/mol. The van der Waals surface area contributed by atoms with Crippen LogP contribution in [0.1, 0.15) is 25.0 Å². The highest BCUT2D eigenvalue weighted by atomic mass is 19.4. The summed E-state index contributed by atoms with van der Waals surface area (Å²) in [5.74, 6) is 0.391. The van der Waals surface area contributed by atoms with Crippen molar-refractivity contribution < 1.29 is 17.9 Å². The van der Waals surface area contributed by atoms with Crippen LogP contribution in [-0.4, -0.2) is 18.0 Å². The third-order valence-corrected chi connectivity index (χ3v) is 3.65. The van der Waals surface area contributed by atoms with Crippen LogP contribution in [0.4, 0.5) is 13.2 Å². The standard InChI is InChI=1S/C18H16F3NO/c1-17(2)11-23-16(22-17)14-9-4-3-7-12(14)13-8-5-6-10-15(13)18(19,20)21/h3-10H,11H2,1-2H3. The van der Waals surface area contributed by atoms with Crippen molar-refractivity contribution in [2.24, 2.45) is 4.99 Å². The fraction of sp³-hybridized carbons (Fsp3) is 0.278. The van der Waals surface area contributed by atoms with E-state index in [4.69, 9.17) is 4.74 Å². The van der Waals surface area contributed by atoms with Gasteiger partial charge in [0.2, 0.25) is 5.90 Å². The first-order valence-corrected chi connectivity index (χ1v) is 7.27. The zero-order valence-electron chi connectivity index (χ0n) is 12.8. The summed E-state index contributed by atoms with van der Waals surface area (Å²) in [6.07, 6.45) is -4.42. The fourth-order valence-corrected chi connectivity index (χ4v) is 2.59. The molecule has 0 atom stereocenters. The first kappa shape index (κ1) is 15.6. The van der Waals surface area contributed by atoms with Gasteiger partial charge in [-0.15, -0.1) is 0 Å². The number of alkyl halides is 3. The highest BCUT2D eigenvalue weighted by Gasteiger charge is 2.35. The molecular weight excluding hydrogens is 303 g/mol. The Morgan fingerprint density at radius 2 is 1.48 bits per heavy atom. The molecule has 2 aromatic carbocycles. The Hall–Kier alpha value is -2.30. The van der Waals surface area contributed by atoms with Gasteiger partial charge in [-0.25, -0.2) is 4.99 Å². The summed E-state index contributed by atoms with van der Waals surface area (Å²) in [7, 11) is 0. The maximum Gasteiger partial charge on any atom is 0.417 e. The Balaban J connectivity index is 2.17. The first-order valence-electron chi connectivity index (χ1n) is 7.27. The van der Waals surface area contributed by atoms with Gasteiger partial charge in [-0.1, -0.05) is 36.4 Å². The van der Waals surface area contributed by atoms with Crippen LogP contribution in [0.3, 0.4) is 0 Å². The van der Waals surface area contributed by atoms with E-state index in [1.54, 1.807) is 30.3 Å². The summed E-state index contributed by atoms with van der Waals surface area (Å²) < 4.78 is 45.5. The van der Waals surface area contributed by atoms with Crippen LogP contribution in [-0.2, 0) is 10.9 Å². The van der Waals surface area contributed by atoms with E-state index in [1.165, 1.54) is 12.1 Å². The first-order chi connectivity index (χ1) is 10.8. The molecule has 2 nitrogen and oxygen atoms in total. The van der Waals surface area contributed by atoms with Crippen LogP contribution < -0.4 is 0 Å². The molecule has 1 aliphatic heterocycles. The number of hydrogen-bond donors (Lipinski definition) is 0. The molecule has 0 bridgehead atoms. The molecule has 1 heterocycles. The van der Waals surface area contributed by atoms with E-state index in [1.807, 2.05) is 13.8 Å². The van der Waals surface area contributed by atoms with Crippen molar-refractivity contribution in [3.8, 4) is 11.1 Å². The minimum absolute atomic E-state index is 0.131. The molecule has 3 rings (SSSR count). The Morgan fingerprint density at radius 1 is 0.913 bits per heavy atom. The van der Waals surface area contributed by atoms with Gasteiger partial charge in [-0.2, -0.15) is 13.2 Å². The molecule has 0 saturated carbocycles. The van der Waals surface area contributed by atoms with Gasteiger partial charge in [0, 0.05) is 5.56 Å². The largest absolute Gasteiger partial charge is 0.475 e. The molecule has 0 amide bonds. The summed E-state index contributed by atoms with van der Waals surface area (Å²) in [4.78, 5) is 4.48. The van der Waals surface area contributed by atoms with Gasteiger partial charge < -0.3 is 4.74 Å². The van der Waals surface area contributed by atoms with Gasteiger partial charge in [-0.05, 0) is 37.1 Å². The minimum atomic E-state index is -4.42. The molecule has 0 fully saturated rings. The van der Waals surface area contributed by atoms with Crippen molar-refractivity contribution in [3.05, 3.63) is 59.7 Å². The van der Waals surface area contributed by atoms with Gasteiger partial charge in [0.1, 0.15) is 6.61 Å². The smallest absolute Gasteiger partial charge is 0.417 e. The number of nitrogens with zero attached hydrogens (tertiary/aromatic N) is 1. The lowest BCUT2D eigenvalue weighted by atomic mass is 9.95. The van der Waals surface area contributed by atoms with Gasteiger partial charge in [0.05, 0.1) is 11.1 Å². The lowest BCUT2D eigenvalue weighted by Crippen LogP contribution is -2.17. The normalized spacial score (nSPS) is 16.8. The molecule has 120 valence electrons. The highest BCUT2D eigenvalue weighted by molar-refractivity contribution is 6.02. The monoisotopic (exact) mass is 319 g/mol. The van der Waals surface area contributed by atoms with E-state index in [9.17, 15) is 13.2 Å². The van der Waals surface area contributed by atoms with Crippen LogP contribution in [0.5, 0.6) is 0 Å². The number of rotatable bonds is 2. The lowest BCUT2D eigenvalue weighted by Gasteiger charge is -2.15. The molecular formula is C18H16F3NO. The second kappa shape index (κ2) is 5.41. The average molecular weight is 319 g/mol. The lowest BCUT2D eigenvalue weighted by molar-refractivity contribution is -0.137. The van der Waals surface area contributed by atoms with Gasteiger partial charge in [0.25, 0.3) is 0 Å². The van der Waals surface area contributed by atoms with Crippen LogP contribution in [0.15, 0.2) is 53.5 Å². The van der Waals surface area contributed by atoms with Crippen molar-refractivity contribution in [2.75, 3.05) is 6.61 Å². The van der Waals surface area contributed by atoms with E-state index in [0.717, 1.165) is 6.07 Å². The van der Waals surface area contributed by atoms with Crippen LogP contribution in [0.25, 0.3) is 11.1 Å². The van der Waals surface area contributed by atoms with Gasteiger partial charge >= 0.3 is 6.18 Å². The van der Waals surface area contributed by atoms with E-state index in [-0.39, 0.29) is 11.1 Å². The molecule has 23 heavy (non-hydrogen) atoms. The van der Waals surface area contributed by atoms with Crippen LogP contribution >= 0.6 is 0 Å². The predicted octanol–water partition coefficient (Wildman–Crippen LogP) is 4.93. The van der Waals surface area contributed by atoms with E-state index in [2.05, 4.69) is 4.99 Å². The van der Waals surface area contributed by atoms with Crippen molar-refractivity contribution in [2.45, 2.75) is 25.6 Å². The van der Waals surface area contributed by atoms with Crippen molar-refractivity contribution in [1.29, 1.82) is 0 Å². The molecule has 2 aromatic rings. The SMILES string of the molecule is CC1(C)COC(c2ccccc2-c2ccccc2C(F)(F)F)=N1. The van der Waals surface area contributed by atoms with Gasteiger partial charge in [-0.3, -0.25) is 0 Å². The molecule has 0 unspecified atom stereocenters. The van der Waals surface area contributed by atoms with Crippen molar-refractivity contribution in [3.63, 3.8) is 0 Å². The Labute approximate surface area is 132 Å². The maximum absolute atomic E-state index is 13.3. The quantitative estimate of drug-likeness (QED) is 0.769. The fourth-order valence-electron chi connectivity index (χ4n) is 2.59. The molecule has 1 aliphatic rings. The van der Waals surface area contributed by atoms with E-state index in [0.29, 0.717) is 23.6 Å². The number of benzene rings is 2. The summed E-state index contributed by atoms with van der Waals surface area (Å²) in [5, 5.41) is 0. The molecule has 0 N–H and O–H groups in total. The number of hydrogen-bond acceptors (Lipinski definition) is 2.